The van der Waals surface area contributed by atoms with Gasteiger partial charge in [-0.3, -0.25) is 4.55 Å². The van der Waals surface area contributed by atoms with E-state index in [4.69, 9.17) is 16.0 Å². The van der Waals surface area contributed by atoms with Crippen LogP contribution in [0.1, 0.15) is 0 Å². The molecule has 1 rings (SSSR count). The quantitative estimate of drug-likeness (QED) is 0.593. The van der Waals surface area contributed by atoms with E-state index >= 15 is 0 Å². The van der Waals surface area contributed by atoms with Gasteiger partial charge in [0.05, 0.1) is 5.69 Å². The molecule has 0 aliphatic carbocycles. The van der Waals surface area contributed by atoms with Crippen LogP contribution in [0.25, 0.3) is 5.73 Å². The van der Waals surface area contributed by atoms with Gasteiger partial charge >= 0.3 is 32.7 Å². The van der Waals surface area contributed by atoms with Gasteiger partial charge in [0.25, 0.3) is 10.1 Å². The fourth-order valence-corrected chi connectivity index (χ4v) is 1.38. The van der Waals surface area contributed by atoms with Crippen molar-refractivity contribution in [1.29, 1.82) is 0 Å². The van der Waals surface area contributed by atoms with Crippen molar-refractivity contribution >= 4 is 21.5 Å². The summed E-state index contributed by atoms with van der Waals surface area (Å²) < 4.78 is 29.8. The number of benzene rings is 1. The van der Waals surface area contributed by atoms with E-state index in [0.29, 0.717) is 0 Å². The van der Waals surface area contributed by atoms with Crippen LogP contribution >= 0.6 is 0 Å². The molecule has 0 aliphatic rings. The predicted octanol–water partition coefficient (Wildman–Crippen LogP) is 1.20. The van der Waals surface area contributed by atoms with E-state index in [1.54, 1.807) is 0 Å². The summed E-state index contributed by atoms with van der Waals surface area (Å²) in [4.78, 5) is -0.362. The SMILES string of the molecule is [NH-]c1ccc(S(=O)(=O)O)c(N)c1.[Y+3]. The molecule has 0 heterocycles. The summed E-state index contributed by atoms with van der Waals surface area (Å²) in [6, 6.07) is 3.48. The summed E-state index contributed by atoms with van der Waals surface area (Å²) in [6.45, 7) is 0. The molecule has 5 nitrogen and oxygen atoms in total. The van der Waals surface area contributed by atoms with Crippen LogP contribution in [0.15, 0.2) is 23.1 Å². The van der Waals surface area contributed by atoms with E-state index in [2.05, 4.69) is 0 Å². The van der Waals surface area contributed by atoms with Gasteiger partial charge < -0.3 is 11.5 Å². The Morgan fingerprint density at radius 1 is 1.38 bits per heavy atom. The van der Waals surface area contributed by atoms with E-state index in [1.165, 1.54) is 6.07 Å². The third-order valence-corrected chi connectivity index (χ3v) is 2.22. The number of hydrogen-bond acceptors (Lipinski definition) is 3. The Morgan fingerprint density at radius 2 is 1.92 bits per heavy atom. The molecule has 0 aliphatic heterocycles. The van der Waals surface area contributed by atoms with E-state index in [-0.39, 0.29) is 49.0 Å². The fraction of sp³-hybridized carbons (Fsp3) is 0. The molecule has 0 amide bonds. The van der Waals surface area contributed by atoms with Crippen LogP contribution < -0.4 is 5.73 Å². The number of nitrogens with two attached hydrogens (primary N) is 1. The Bertz CT molecular complexity index is 404. The Labute approximate surface area is 101 Å². The Kier molecular flexibility index (Phi) is 4.31. The van der Waals surface area contributed by atoms with E-state index in [1.807, 2.05) is 0 Å². The standard InChI is InChI=1S/C6H7N2O3S.Y/c7-4-1-2-6(5(8)3-4)12(9,10)11;/h1-3,7H,8H2,(H,9,10,11);/q-1;+3. The molecule has 66 valence electrons. The number of anilines is 1. The summed E-state index contributed by atoms with van der Waals surface area (Å²) in [5.74, 6) is 0. The molecule has 0 spiro atoms. The minimum atomic E-state index is -4.26. The van der Waals surface area contributed by atoms with Crippen LogP contribution in [0.2, 0.25) is 0 Å². The second-order valence-corrected chi connectivity index (χ2v) is 3.62. The summed E-state index contributed by atoms with van der Waals surface area (Å²) in [5, 5.41) is 0. The molecule has 1 aromatic carbocycles. The van der Waals surface area contributed by atoms with Crippen LogP contribution in [-0.4, -0.2) is 13.0 Å². The number of rotatable bonds is 1. The Balaban J connectivity index is 0.00000144. The van der Waals surface area contributed by atoms with E-state index in [0.717, 1.165) is 12.1 Å². The number of hydrogen-bond donors (Lipinski definition) is 2. The largest absolute Gasteiger partial charge is 3.00 e. The zero-order valence-corrected chi connectivity index (χ0v) is 10.2. The van der Waals surface area contributed by atoms with Gasteiger partial charge in [-0.25, -0.2) is 0 Å². The monoisotopic (exact) mass is 276 g/mol. The third kappa shape index (κ3) is 3.23. The molecule has 1 aromatic rings. The molecule has 0 fully saturated rings. The van der Waals surface area contributed by atoms with E-state index < -0.39 is 10.1 Å². The molecule has 0 unspecified atom stereocenters. The van der Waals surface area contributed by atoms with Crippen LogP contribution in [0.4, 0.5) is 11.4 Å². The van der Waals surface area contributed by atoms with Crippen molar-refractivity contribution in [2.75, 3.05) is 5.73 Å². The van der Waals surface area contributed by atoms with Crippen molar-refractivity contribution in [2.24, 2.45) is 0 Å². The van der Waals surface area contributed by atoms with Gasteiger partial charge in [0.15, 0.2) is 0 Å². The first-order chi connectivity index (χ1) is 5.41. The maximum atomic E-state index is 10.6. The van der Waals surface area contributed by atoms with Crippen LogP contribution in [0, 0.1) is 0 Å². The third-order valence-electron chi connectivity index (χ3n) is 1.29. The number of nitrogens with one attached hydrogen (secondary N) is 1. The van der Waals surface area contributed by atoms with Gasteiger partial charge in [-0.15, -0.1) is 5.69 Å². The van der Waals surface area contributed by atoms with Crippen molar-refractivity contribution in [3.8, 4) is 0 Å². The maximum Gasteiger partial charge on any atom is 3.00 e. The Hall–Kier alpha value is -0.166. The second kappa shape index (κ2) is 4.37. The molecule has 0 radical (unpaired) electrons. The smallest absolute Gasteiger partial charge is 0.699 e. The molecular formula is C6H7N2O3SY+2. The van der Waals surface area contributed by atoms with Gasteiger partial charge in [0, 0.05) is 0 Å². The van der Waals surface area contributed by atoms with Crippen LogP contribution in [-0.2, 0) is 42.8 Å². The van der Waals surface area contributed by atoms with Crippen molar-refractivity contribution in [1.82, 2.24) is 0 Å². The molecule has 0 saturated heterocycles. The van der Waals surface area contributed by atoms with Crippen LogP contribution in [0.5, 0.6) is 0 Å². The molecular weight excluding hydrogens is 269 g/mol. The Morgan fingerprint density at radius 3 is 2.31 bits per heavy atom. The van der Waals surface area contributed by atoms with Gasteiger partial charge in [0.2, 0.25) is 0 Å². The topological polar surface area (TPSA) is 104 Å². The first-order valence-corrected chi connectivity index (χ1v) is 4.44. The summed E-state index contributed by atoms with van der Waals surface area (Å²) in [5.41, 5.74) is 12.3. The van der Waals surface area contributed by atoms with Crippen molar-refractivity contribution < 1.29 is 45.7 Å². The zero-order chi connectivity index (χ0) is 9.35. The van der Waals surface area contributed by atoms with Crippen LogP contribution in [0.3, 0.4) is 0 Å². The van der Waals surface area contributed by atoms with Gasteiger partial charge in [0.1, 0.15) is 4.90 Å². The minimum Gasteiger partial charge on any atom is -0.699 e. The zero-order valence-electron chi connectivity index (χ0n) is 6.56. The first-order valence-electron chi connectivity index (χ1n) is 3.00. The molecule has 7 heteroatoms. The predicted molar refractivity (Wildman–Crippen MR) is 44.7 cm³/mol. The minimum absolute atomic E-state index is 0. The molecule has 4 N–H and O–H groups in total. The van der Waals surface area contributed by atoms with Gasteiger partial charge in [-0.1, -0.05) is 12.1 Å². The molecule has 0 aromatic heterocycles. The van der Waals surface area contributed by atoms with Gasteiger partial charge in [-0.05, 0) is 6.07 Å². The second-order valence-electron chi connectivity index (χ2n) is 2.23. The molecule has 0 atom stereocenters. The van der Waals surface area contributed by atoms with E-state index in [9.17, 15) is 8.42 Å². The summed E-state index contributed by atoms with van der Waals surface area (Å²) in [7, 11) is -4.26. The molecule has 0 saturated carbocycles. The number of nitrogen functional groups attached to an aromatic ring is 1. The molecule has 0 bridgehead atoms. The van der Waals surface area contributed by atoms with Crippen molar-refractivity contribution in [2.45, 2.75) is 4.90 Å². The van der Waals surface area contributed by atoms with Crippen molar-refractivity contribution in [3.63, 3.8) is 0 Å². The summed E-state index contributed by atoms with van der Waals surface area (Å²) >= 11 is 0. The fourth-order valence-electron chi connectivity index (χ4n) is 0.783. The molecule has 13 heavy (non-hydrogen) atoms. The normalized spacial score (nSPS) is 10.5. The average Bonchev–Trinajstić information content (AvgIpc) is 1.83. The maximum absolute atomic E-state index is 10.6. The van der Waals surface area contributed by atoms with Gasteiger partial charge in [-0.2, -0.15) is 8.42 Å². The first kappa shape index (κ1) is 12.8. The van der Waals surface area contributed by atoms with Crippen molar-refractivity contribution in [3.05, 3.63) is 23.9 Å². The summed E-state index contributed by atoms with van der Waals surface area (Å²) in [6.07, 6.45) is 0. The average molecular weight is 276 g/mol.